The van der Waals surface area contributed by atoms with Gasteiger partial charge in [-0.3, -0.25) is 4.99 Å². The number of ether oxygens (including phenoxy) is 2. The van der Waals surface area contributed by atoms with E-state index in [0.29, 0.717) is 5.92 Å². The Balaban J connectivity index is 2.34. The molecule has 23 heavy (non-hydrogen) atoms. The summed E-state index contributed by atoms with van der Waals surface area (Å²) in [6.07, 6.45) is 5.46. The highest BCUT2D eigenvalue weighted by molar-refractivity contribution is 8.00. The number of hydrogen-bond donors (Lipinski definition) is 2. The van der Waals surface area contributed by atoms with E-state index in [-0.39, 0.29) is 4.75 Å². The van der Waals surface area contributed by atoms with Crippen molar-refractivity contribution in [2.75, 3.05) is 52.3 Å². The van der Waals surface area contributed by atoms with Crippen LogP contribution in [0.4, 0.5) is 0 Å². The van der Waals surface area contributed by atoms with Crippen molar-refractivity contribution in [1.29, 1.82) is 0 Å². The van der Waals surface area contributed by atoms with Crippen LogP contribution in [0.5, 0.6) is 0 Å². The van der Waals surface area contributed by atoms with Gasteiger partial charge in [0.1, 0.15) is 0 Å². The van der Waals surface area contributed by atoms with Gasteiger partial charge in [-0.1, -0.05) is 13.8 Å². The number of aliphatic imine (C=N–C) groups is 1. The van der Waals surface area contributed by atoms with Crippen molar-refractivity contribution in [2.45, 2.75) is 44.8 Å². The molecule has 5 nitrogen and oxygen atoms in total. The van der Waals surface area contributed by atoms with Gasteiger partial charge in [0, 0.05) is 37.7 Å². The molecular weight excluding hydrogens is 310 g/mol. The smallest absolute Gasteiger partial charge is 0.191 e. The maximum absolute atomic E-state index is 5.64. The maximum atomic E-state index is 5.64. The van der Waals surface area contributed by atoms with Crippen LogP contribution in [0.1, 0.15) is 40.0 Å². The number of thioether (sulfide) groups is 1. The van der Waals surface area contributed by atoms with Gasteiger partial charge >= 0.3 is 0 Å². The van der Waals surface area contributed by atoms with Crippen LogP contribution in [0, 0.1) is 5.92 Å². The number of guanidine groups is 1. The van der Waals surface area contributed by atoms with E-state index in [1.165, 1.54) is 0 Å². The zero-order valence-corrected chi connectivity index (χ0v) is 16.1. The van der Waals surface area contributed by atoms with Crippen LogP contribution in [0.3, 0.4) is 0 Å². The average Bonchev–Trinajstić information content (AvgIpc) is 2.56. The van der Waals surface area contributed by atoms with Gasteiger partial charge < -0.3 is 20.1 Å². The predicted octanol–water partition coefficient (Wildman–Crippen LogP) is 2.52. The van der Waals surface area contributed by atoms with E-state index >= 15 is 0 Å². The molecule has 1 saturated heterocycles. The number of hydrogen-bond acceptors (Lipinski definition) is 4. The van der Waals surface area contributed by atoms with Gasteiger partial charge in [-0.2, -0.15) is 11.8 Å². The largest absolute Gasteiger partial charge is 0.381 e. The molecule has 1 rings (SSSR count). The highest BCUT2D eigenvalue weighted by Gasteiger charge is 2.31. The molecule has 0 atom stereocenters. The minimum absolute atomic E-state index is 0.231. The van der Waals surface area contributed by atoms with E-state index in [1.54, 1.807) is 0 Å². The Bertz CT molecular complexity index is 332. The molecule has 1 aliphatic rings. The minimum Gasteiger partial charge on any atom is -0.381 e. The van der Waals surface area contributed by atoms with Crippen molar-refractivity contribution < 1.29 is 9.47 Å². The Morgan fingerprint density at radius 2 is 2.00 bits per heavy atom. The summed E-state index contributed by atoms with van der Waals surface area (Å²) in [6, 6.07) is 0. The van der Waals surface area contributed by atoms with Crippen LogP contribution in [0.15, 0.2) is 4.99 Å². The lowest BCUT2D eigenvalue weighted by Gasteiger charge is -2.34. The highest BCUT2D eigenvalue weighted by Crippen LogP contribution is 2.33. The van der Waals surface area contributed by atoms with E-state index in [9.17, 15) is 0 Å². The van der Waals surface area contributed by atoms with E-state index in [1.807, 2.05) is 11.8 Å². The lowest BCUT2D eigenvalue weighted by atomic mass is 9.99. The number of nitrogens with zero attached hydrogens (tertiary/aromatic N) is 1. The fourth-order valence-corrected chi connectivity index (χ4v) is 3.17. The van der Waals surface area contributed by atoms with Gasteiger partial charge in [-0.25, -0.2) is 0 Å². The Labute approximate surface area is 146 Å². The van der Waals surface area contributed by atoms with Crippen LogP contribution in [-0.2, 0) is 9.47 Å². The summed E-state index contributed by atoms with van der Waals surface area (Å²) in [5, 5.41) is 6.68. The first kappa shape index (κ1) is 20.6. The molecule has 0 unspecified atom stereocenters. The average molecular weight is 346 g/mol. The Morgan fingerprint density at radius 3 is 2.61 bits per heavy atom. The fraction of sp³-hybridized carbons (Fsp3) is 0.941. The van der Waals surface area contributed by atoms with E-state index in [4.69, 9.17) is 14.5 Å². The van der Waals surface area contributed by atoms with E-state index < -0.39 is 0 Å². The summed E-state index contributed by atoms with van der Waals surface area (Å²) in [4.78, 5) is 4.79. The third kappa shape index (κ3) is 8.82. The molecule has 0 aromatic heterocycles. The second kappa shape index (κ2) is 12.0. The van der Waals surface area contributed by atoms with Gasteiger partial charge in [0.2, 0.25) is 0 Å². The predicted molar refractivity (Wildman–Crippen MR) is 101 cm³/mol. The Morgan fingerprint density at radius 1 is 1.26 bits per heavy atom. The maximum Gasteiger partial charge on any atom is 0.191 e. The van der Waals surface area contributed by atoms with Crippen LogP contribution in [0.25, 0.3) is 0 Å². The number of nitrogens with one attached hydrogen (secondary N) is 2. The van der Waals surface area contributed by atoms with Gasteiger partial charge in [0.15, 0.2) is 5.96 Å². The minimum atomic E-state index is 0.231. The number of rotatable bonds is 10. The first-order chi connectivity index (χ1) is 11.1. The zero-order valence-electron chi connectivity index (χ0n) is 15.3. The molecule has 0 aromatic carbocycles. The lowest BCUT2D eigenvalue weighted by Crippen LogP contribution is -2.42. The third-order valence-corrected chi connectivity index (χ3v) is 5.49. The van der Waals surface area contributed by atoms with Crippen molar-refractivity contribution in [1.82, 2.24) is 10.6 Å². The van der Waals surface area contributed by atoms with Crippen LogP contribution < -0.4 is 10.6 Å². The normalized spacial score (nSPS) is 18.2. The SMILES string of the molecule is CCNC(=NCC1(SC)CCOCC1)NCCOCCC(C)C. The summed E-state index contributed by atoms with van der Waals surface area (Å²) in [7, 11) is 0. The third-order valence-electron chi connectivity index (χ3n) is 4.08. The quantitative estimate of drug-likeness (QED) is 0.362. The van der Waals surface area contributed by atoms with Gasteiger partial charge in [0.25, 0.3) is 0 Å². The van der Waals surface area contributed by atoms with Crippen LogP contribution >= 0.6 is 11.8 Å². The summed E-state index contributed by atoms with van der Waals surface area (Å²) in [6.45, 7) is 12.3. The van der Waals surface area contributed by atoms with Gasteiger partial charge in [-0.15, -0.1) is 0 Å². The molecule has 0 radical (unpaired) electrons. The van der Waals surface area contributed by atoms with Crippen molar-refractivity contribution >= 4 is 17.7 Å². The Hall–Kier alpha value is -0.460. The molecule has 136 valence electrons. The summed E-state index contributed by atoms with van der Waals surface area (Å²) >= 11 is 1.92. The molecule has 0 aliphatic carbocycles. The van der Waals surface area contributed by atoms with Crippen molar-refractivity contribution in [3.63, 3.8) is 0 Å². The molecule has 1 heterocycles. The van der Waals surface area contributed by atoms with Crippen LogP contribution in [0.2, 0.25) is 0 Å². The summed E-state index contributed by atoms with van der Waals surface area (Å²) in [5.74, 6) is 1.59. The topological polar surface area (TPSA) is 54.9 Å². The summed E-state index contributed by atoms with van der Waals surface area (Å²) < 4.78 is 11.4. The van der Waals surface area contributed by atoms with Gasteiger partial charge in [-0.05, 0) is 38.4 Å². The van der Waals surface area contributed by atoms with Gasteiger partial charge in [0.05, 0.1) is 13.2 Å². The molecule has 2 N–H and O–H groups in total. The van der Waals surface area contributed by atoms with Crippen molar-refractivity contribution in [3.8, 4) is 0 Å². The molecule has 0 amide bonds. The fourth-order valence-electron chi connectivity index (χ4n) is 2.40. The van der Waals surface area contributed by atoms with E-state index in [0.717, 1.165) is 71.3 Å². The second-order valence-corrected chi connectivity index (χ2v) is 7.69. The molecule has 0 spiro atoms. The first-order valence-corrected chi connectivity index (χ1v) is 10.1. The van der Waals surface area contributed by atoms with E-state index in [2.05, 4.69) is 37.7 Å². The lowest BCUT2D eigenvalue weighted by molar-refractivity contribution is 0.0794. The standard InChI is InChI=1S/C17H35N3O2S/c1-5-18-16(19-9-13-21-10-6-15(2)3)20-14-17(23-4)7-11-22-12-8-17/h15H,5-14H2,1-4H3,(H2,18,19,20). The van der Waals surface area contributed by atoms with Crippen LogP contribution in [-0.4, -0.2) is 63.0 Å². The summed E-state index contributed by atoms with van der Waals surface area (Å²) in [5.41, 5.74) is 0. The molecule has 1 fully saturated rings. The highest BCUT2D eigenvalue weighted by atomic mass is 32.2. The second-order valence-electron chi connectivity index (χ2n) is 6.42. The first-order valence-electron chi connectivity index (χ1n) is 8.84. The Kier molecular flexibility index (Phi) is 10.7. The van der Waals surface area contributed by atoms with Crippen molar-refractivity contribution in [2.24, 2.45) is 10.9 Å². The monoisotopic (exact) mass is 345 g/mol. The zero-order chi connectivity index (χ0) is 17.0. The molecule has 0 bridgehead atoms. The molecule has 0 aromatic rings. The molecule has 6 heteroatoms. The van der Waals surface area contributed by atoms with Crippen molar-refractivity contribution in [3.05, 3.63) is 0 Å². The molecular formula is C17H35N3O2S. The molecule has 1 aliphatic heterocycles. The molecule has 0 saturated carbocycles.